The number of halogens is 2. The van der Waals surface area contributed by atoms with Gasteiger partial charge in [-0.15, -0.1) is 0 Å². The summed E-state index contributed by atoms with van der Waals surface area (Å²) in [5, 5.41) is 0.585. The fourth-order valence-corrected chi connectivity index (χ4v) is 2.82. The number of nitrogens with one attached hydrogen (secondary N) is 1. The highest BCUT2D eigenvalue weighted by Crippen LogP contribution is 2.25. The summed E-state index contributed by atoms with van der Waals surface area (Å²) in [4.78, 5) is 7.50. The Morgan fingerprint density at radius 3 is 2.95 bits per heavy atom. The van der Waals surface area contributed by atoms with E-state index < -0.39 is 0 Å². The molecule has 0 aliphatic heterocycles. The summed E-state index contributed by atoms with van der Waals surface area (Å²) in [6, 6.07) is 7.88. The van der Waals surface area contributed by atoms with Crippen LogP contribution in [0.4, 0.5) is 0 Å². The number of aromatic amines is 1. The third-order valence-corrected chi connectivity index (χ3v) is 3.89. The van der Waals surface area contributed by atoms with Crippen LogP contribution in [0.5, 0.6) is 0 Å². The molecule has 0 atom stereocenters. The number of aryl methyl sites for hydroxylation is 1. The van der Waals surface area contributed by atoms with E-state index in [9.17, 15) is 0 Å². The quantitative estimate of drug-likeness (QED) is 0.636. The zero-order valence-electron chi connectivity index (χ0n) is 9.95. The molecule has 6 heteroatoms. The number of hydrogen-bond acceptors (Lipinski definition) is 2. The maximum absolute atomic E-state index is 5.95. The molecule has 0 aliphatic rings. The SMILES string of the molecule is Cc1ccc(Br)cc1-n1c(=S)[nH]c2cc(Cl)cnc21. The van der Waals surface area contributed by atoms with E-state index in [0.717, 1.165) is 26.9 Å². The van der Waals surface area contributed by atoms with Gasteiger partial charge in [0, 0.05) is 10.7 Å². The first-order chi connectivity index (χ1) is 9.06. The number of fused-ring (bicyclic) bond motifs is 1. The van der Waals surface area contributed by atoms with Gasteiger partial charge in [-0.1, -0.05) is 33.6 Å². The van der Waals surface area contributed by atoms with Gasteiger partial charge in [-0.2, -0.15) is 0 Å². The molecule has 1 N–H and O–H groups in total. The van der Waals surface area contributed by atoms with Gasteiger partial charge in [0.1, 0.15) is 0 Å². The molecule has 2 heterocycles. The Labute approximate surface area is 128 Å². The van der Waals surface area contributed by atoms with Gasteiger partial charge in [-0.05, 0) is 42.9 Å². The number of imidazole rings is 1. The first-order valence-electron chi connectivity index (χ1n) is 5.59. The lowest BCUT2D eigenvalue weighted by Gasteiger charge is -2.08. The standard InChI is InChI=1S/C13H9BrClN3S/c1-7-2-3-8(14)4-11(7)18-12-10(17-13(18)19)5-9(15)6-16-12/h2-6H,1H3,(H,17,19). The molecular formula is C13H9BrClN3S. The summed E-state index contributed by atoms with van der Waals surface area (Å²) >= 11 is 14.8. The van der Waals surface area contributed by atoms with Crippen molar-refractivity contribution in [2.75, 3.05) is 0 Å². The Balaban J connectivity index is 2.39. The van der Waals surface area contributed by atoms with E-state index in [1.165, 1.54) is 0 Å². The van der Waals surface area contributed by atoms with E-state index in [0.29, 0.717) is 9.79 Å². The lowest BCUT2D eigenvalue weighted by Crippen LogP contribution is -1.98. The summed E-state index contributed by atoms with van der Waals surface area (Å²) < 4.78 is 3.52. The summed E-state index contributed by atoms with van der Waals surface area (Å²) in [5.74, 6) is 0. The average Bonchev–Trinajstić information content (AvgIpc) is 2.67. The van der Waals surface area contributed by atoms with Crippen molar-refractivity contribution in [1.29, 1.82) is 0 Å². The number of nitrogens with zero attached hydrogens (tertiary/aromatic N) is 2. The van der Waals surface area contributed by atoms with Gasteiger partial charge >= 0.3 is 0 Å². The molecule has 0 bridgehead atoms. The molecule has 0 unspecified atom stereocenters. The van der Waals surface area contributed by atoms with Crippen molar-refractivity contribution in [3.8, 4) is 5.69 Å². The van der Waals surface area contributed by atoms with Crippen molar-refractivity contribution in [2.24, 2.45) is 0 Å². The van der Waals surface area contributed by atoms with Gasteiger partial charge in [0.15, 0.2) is 10.4 Å². The molecule has 19 heavy (non-hydrogen) atoms. The molecule has 0 aliphatic carbocycles. The van der Waals surface area contributed by atoms with Gasteiger partial charge in [-0.25, -0.2) is 4.98 Å². The molecule has 0 fully saturated rings. The highest BCUT2D eigenvalue weighted by molar-refractivity contribution is 9.10. The van der Waals surface area contributed by atoms with Crippen molar-refractivity contribution in [3.05, 3.63) is 50.3 Å². The minimum absolute atomic E-state index is 0.585. The first kappa shape index (κ1) is 12.8. The number of hydrogen-bond donors (Lipinski definition) is 1. The largest absolute Gasteiger partial charge is 0.329 e. The Bertz CT molecular complexity index is 838. The van der Waals surface area contributed by atoms with E-state index in [-0.39, 0.29) is 0 Å². The number of aromatic nitrogens is 3. The third kappa shape index (κ3) is 2.22. The highest BCUT2D eigenvalue weighted by atomic mass is 79.9. The molecule has 2 aromatic heterocycles. The normalized spacial score (nSPS) is 11.1. The van der Waals surface area contributed by atoms with Crippen LogP contribution in [-0.4, -0.2) is 14.5 Å². The minimum Gasteiger partial charge on any atom is -0.329 e. The zero-order valence-corrected chi connectivity index (χ0v) is 13.1. The second-order valence-electron chi connectivity index (χ2n) is 4.22. The topological polar surface area (TPSA) is 33.6 Å². The average molecular weight is 355 g/mol. The summed E-state index contributed by atoms with van der Waals surface area (Å²) in [7, 11) is 0. The van der Waals surface area contributed by atoms with E-state index in [2.05, 4.69) is 25.9 Å². The molecule has 3 nitrogen and oxygen atoms in total. The molecule has 0 saturated heterocycles. The van der Waals surface area contributed by atoms with Gasteiger partial charge in [-0.3, -0.25) is 4.57 Å². The van der Waals surface area contributed by atoms with Crippen molar-refractivity contribution in [1.82, 2.24) is 14.5 Å². The molecule has 0 radical (unpaired) electrons. The predicted molar refractivity (Wildman–Crippen MR) is 83.7 cm³/mol. The Kier molecular flexibility index (Phi) is 3.20. The predicted octanol–water partition coefficient (Wildman–Crippen LogP) is 4.81. The van der Waals surface area contributed by atoms with Crippen molar-refractivity contribution >= 4 is 50.9 Å². The number of rotatable bonds is 1. The van der Waals surface area contributed by atoms with Gasteiger partial charge in [0.2, 0.25) is 0 Å². The minimum atomic E-state index is 0.585. The molecular weight excluding hydrogens is 346 g/mol. The van der Waals surface area contributed by atoms with E-state index in [1.54, 1.807) is 6.20 Å². The van der Waals surface area contributed by atoms with Gasteiger partial charge < -0.3 is 4.98 Å². The fourth-order valence-electron chi connectivity index (χ4n) is 2.02. The Morgan fingerprint density at radius 2 is 2.16 bits per heavy atom. The molecule has 1 aromatic carbocycles. The summed E-state index contributed by atoms with van der Waals surface area (Å²) in [6.45, 7) is 2.04. The number of H-pyrrole nitrogens is 1. The lowest BCUT2D eigenvalue weighted by molar-refractivity contribution is 1.03. The van der Waals surface area contributed by atoms with Gasteiger partial charge in [0.05, 0.1) is 16.2 Å². The van der Waals surface area contributed by atoms with Crippen LogP contribution in [0.25, 0.3) is 16.9 Å². The monoisotopic (exact) mass is 353 g/mol. The number of pyridine rings is 1. The van der Waals surface area contributed by atoms with E-state index in [4.69, 9.17) is 23.8 Å². The van der Waals surface area contributed by atoms with Crippen LogP contribution >= 0.6 is 39.7 Å². The third-order valence-electron chi connectivity index (χ3n) is 2.90. The fraction of sp³-hybridized carbons (Fsp3) is 0.0769. The maximum Gasteiger partial charge on any atom is 0.184 e. The smallest absolute Gasteiger partial charge is 0.184 e. The lowest BCUT2D eigenvalue weighted by atomic mass is 10.2. The first-order valence-corrected chi connectivity index (χ1v) is 7.17. The molecule has 3 aromatic rings. The van der Waals surface area contributed by atoms with E-state index >= 15 is 0 Å². The molecule has 3 rings (SSSR count). The summed E-state index contributed by atoms with van der Waals surface area (Å²) in [6.07, 6.45) is 1.62. The molecule has 96 valence electrons. The Hall–Kier alpha value is -1.17. The molecule has 0 saturated carbocycles. The van der Waals surface area contributed by atoms with Crippen LogP contribution in [-0.2, 0) is 0 Å². The maximum atomic E-state index is 5.95. The number of benzene rings is 1. The van der Waals surface area contributed by atoms with Crippen LogP contribution in [0.15, 0.2) is 34.9 Å². The van der Waals surface area contributed by atoms with Crippen molar-refractivity contribution < 1.29 is 0 Å². The van der Waals surface area contributed by atoms with Crippen LogP contribution < -0.4 is 0 Å². The zero-order chi connectivity index (χ0) is 13.6. The van der Waals surface area contributed by atoms with Crippen LogP contribution in [0.3, 0.4) is 0 Å². The van der Waals surface area contributed by atoms with E-state index in [1.807, 2.05) is 35.8 Å². The second-order valence-corrected chi connectivity index (χ2v) is 5.96. The Morgan fingerprint density at radius 1 is 1.37 bits per heavy atom. The second kappa shape index (κ2) is 4.74. The van der Waals surface area contributed by atoms with Gasteiger partial charge in [0.25, 0.3) is 0 Å². The highest BCUT2D eigenvalue weighted by Gasteiger charge is 2.10. The molecule has 0 amide bonds. The van der Waals surface area contributed by atoms with Crippen LogP contribution in [0.2, 0.25) is 5.02 Å². The van der Waals surface area contributed by atoms with Crippen LogP contribution in [0, 0.1) is 11.7 Å². The summed E-state index contributed by atoms with van der Waals surface area (Å²) in [5.41, 5.74) is 3.73. The van der Waals surface area contributed by atoms with Crippen molar-refractivity contribution in [2.45, 2.75) is 6.92 Å². The molecule has 0 spiro atoms. The van der Waals surface area contributed by atoms with Crippen molar-refractivity contribution in [3.63, 3.8) is 0 Å². The van der Waals surface area contributed by atoms with Crippen LogP contribution in [0.1, 0.15) is 5.56 Å².